The van der Waals surface area contributed by atoms with Crippen LogP contribution in [0.4, 0.5) is 9.52 Å². The fourth-order valence-electron chi connectivity index (χ4n) is 1.38. The number of halogens is 2. The van der Waals surface area contributed by atoms with E-state index in [1.165, 1.54) is 35.6 Å². The number of aryl methyl sites for hydroxylation is 1. The zero-order valence-corrected chi connectivity index (χ0v) is 12.1. The minimum absolute atomic E-state index is 0.0178. The van der Waals surface area contributed by atoms with Gasteiger partial charge in [-0.1, -0.05) is 35.9 Å². The maximum Gasteiger partial charge on any atom is 0.250 e. The normalized spacial score (nSPS) is 10.9. The van der Waals surface area contributed by atoms with E-state index in [9.17, 15) is 9.18 Å². The summed E-state index contributed by atoms with van der Waals surface area (Å²) in [5.41, 5.74) is 0.637. The molecule has 1 N–H and O–H groups in total. The van der Waals surface area contributed by atoms with Crippen LogP contribution in [0.3, 0.4) is 0 Å². The van der Waals surface area contributed by atoms with Crippen molar-refractivity contribution in [1.29, 1.82) is 0 Å². The number of amides is 1. The molecule has 1 aromatic carbocycles. The molecule has 0 radical (unpaired) electrons. The largest absolute Gasteiger partial charge is 0.297 e. The minimum atomic E-state index is -0.491. The van der Waals surface area contributed by atoms with Crippen LogP contribution < -0.4 is 5.32 Å². The van der Waals surface area contributed by atoms with Crippen molar-refractivity contribution in [2.45, 2.75) is 13.3 Å². The summed E-state index contributed by atoms with van der Waals surface area (Å²) < 4.78 is 13.0. The number of carbonyl (C=O) groups is 1. The van der Waals surface area contributed by atoms with E-state index in [2.05, 4.69) is 15.5 Å². The number of carbonyl (C=O) groups excluding carboxylic acids is 1. The Balaban J connectivity index is 1.99. The summed E-state index contributed by atoms with van der Waals surface area (Å²) in [6.45, 7) is 1.96. The fourth-order valence-corrected chi connectivity index (χ4v) is 2.25. The minimum Gasteiger partial charge on any atom is -0.297 e. The van der Waals surface area contributed by atoms with Gasteiger partial charge in [0.25, 0.3) is 0 Å². The number of aromatic nitrogens is 2. The van der Waals surface area contributed by atoms with Gasteiger partial charge in [-0.15, -0.1) is 10.2 Å². The number of hydrogen-bond donors (Lipinski definition) is 1. The van der Waals surface area contributed by atoms with Gasteiger partial charge in [0.2, 0.25) is 11.0 Å². The van der Waals surface area contributed by atoms with Gasteiger partial charge in [-0.25, -0.2) is 4.39 Å². The van der Waals surface area contributed by atoms with E-state index in [0.29, 0.717) is 10.7 Å². The lowest BCUT2D eigenvalue weighted by molar-refractivity contribution is -0.111. The number of anilines is 1. The average molecular weight is 312 g/mol. The van der Waals surface area contributed by atoms with Crippen molar-refractivity contribution in [3.05, 3.63) is 45.7 Å². The lowest BCUT2D eigenvalue weighted by Crippen LogP contribution is -2.07. The fraction of sp³-hybridized carbons (Fsp3) is 0.154. The maximum atomic E-state index is 13.0. The molecule has 2 aromatic rings. The number of nitrogens with zero attached hydrogens (tertiary/aromatic N) is 2. The smallest absolute Gasteiger partial charge is 0.250 e. The first-order valence-electron chi connectivity index (χ1n) is 5.85. The summed E-state index contributed by atoms with van der Waals surface area (Å²) >= 11 is 6.98. The standard InChI is InChI=1S/C13H11ClFN3OS/c1-2-12-17-18-13(20-12)16-11(19)6-4-8-3-5-10(15)9(14)7-8/h3-7H,2H2,1H3,(H,16,18,19)/b6-4+. The van der Waals surface area contributed by atoms with E-state index >= 15 is 0 Å². The monoisotopic (exact) mass is 311 g/mol. The molecule has 20 heavy (non-hydrogen) atoms. The molecule has 0 unspecified atom stereocenters. The Hall–Kier alpha value is -1.79. The molecule has 2 rings (SSSR count). The highest BCUT2D eigenvalue weighted by atomic mass is 35.5. The number of rotatable bonds is 4. The van der Waals surface area contributed by atoms with E-state index in [1.807, 2.05) is 6.92 Å². The molecular formula is C13H11ClFN3OS. The first kappa shape index (κ1) is 14.6. The summed E-state index contributed by atoms with van der Waals surface area (Å²) in [6.07, 6.45) is 3.65. The molecule has 7 heteroatoms. The van der Waals surface area contributed by atoms with E-state index in [-0.39, 0.29) is 10.9 Å². The average Bonchev–Trinajstić information content (AvgIpc) is 2.88. The van der Waals surface area contributed by atoms with Crippen LogP contribution in [0.5, 0.6) is 0 Å². The zero-order chi connectivity index (χ0) is 14.5. The van der Waals surface area contributed by atoms with Crippen molar-refractivity contribution < 1.29 is 9.18 Å². The topological polar surface area (TPSA) is 54.9 Å². The second-order valence-corrected chi connectivity index (χ2v) is 5.32. The van der Waals surface area contributed by atoms with Crippen LogP contribution in [0.25, 0.3) is 6.08 Å². The maximum absolute atomic E-state index is 13.0. The molecule has 0 spiro atoms. The zero-order valence-electron chi connectivity index (χ0n) is 10.6. The Morgan fingerprint density at radius 3 is 2.95 bits per heavy atom. The van der Waals surface area contributed by atoms with Gasteiger partial charge in [0.1, 0.15) is 10.8 Å². The van der Waals surface area contributed by atoms with Crippen molar-refractivity contribution in [2.75, 3.05) is 5.32 Å². The Bertz CT molecular complexity index is 657. The highest BCUT2D eigenvalue weighted by Gasteiger charge is 2.05. The van der Waals surface area contributed by atoms with Crippen LogP contribution >= 0.6 is 22.9 Å². The van der Waals surface area contributed by atoms with Crippen LogP contribution in [0.1, 0.15) is 17.5 Å². The number of benzene rings is 1. The van der Waals surface area contributed by atoms with E-state index in [1.54, 1.807) is 6.08 Å². The van der Waals surface area contributed by atoms with Gasteiger partial charge in [0, 0.05) is 6.08 Å². The molecule has 0 bridgehead atoms. The van der Waals surface area contributed by atoms with Gasteiger partial charge in [0.05, 0.1) is 5.02 Å². The van der Waals surface area contributed by atoms with Crippen molar-refractivity contribution >= 4 is 40.1 Å². The third kappa shape index (κ3) is 3.85. The molecule has 0 aliphatic rings. The lowest BCUT2D eigenvalue weighted by Gasteiger charge is -1.97. The predicted molar refractivity (Wildman–Crippen MR) is 78.4 cm³/mol. The van der Waals surface area contributed by atoms with E-state index in [4.69, 9.17) is 11.6 Å². The second kappa shape index (κ2) is 6.58. The highest BCUT2D eigenvalue weighted by molar-refractivity contribution is 7.15. The molecule has 0 saturated carbocycles. The van der Waals surface area contributed by atoms with Crippen LogP contribution in [0.15, 0.2) is 24.3 Å². The van der Waals surface area contributed by atoms with E-state index < -0.39 is 5.82 Å². The first-order chi connectivity index (χ1) is 9.58. The second-order valence-electron chi connectivity index (χ2n) is 3.85. The molecule has 104 valence electrons. The molecular weight excluding hydrogens is 301 g/mol. The molecule has 1 amide bonds. The Morgan fingerprint density at radius 2 is 2.30 bits per heavy atom. The molecule has 1 heterocycles. The third-order valence-corrected chi connectivity index (χ3v) is 3.64. The quantitative estimate of drug-likeness (QED) is 0.879. The lowest BCUT2D eigenvalue weighted by atomic mass is 10.2. The summed E-state index contributed by atoms with van der Waals surface area (Å²) in [5.74, 6) is -0.821. The van der Waals surface area contributed by atoms with Gasteiger partial charge >= 0.3 is 0 Å². The molecule has 0 saturated heterocycles. The number of nitrogens with one attached hydrogen (secondary N) is 1. The Morgan fingerprint density at radius 1 is 1.50 bits per heavy atom. The number of hydrogen-bond acceptors (Lipinski definition) is 4. The molecule has 0 fully saturated rings. The third-order valence-electron chi connectivity index (χ3n) is 2.37. The van der Waals surface area contributed by atoms with Crippen molar-refractivity contribution in [1.82, 2.24) is 10.2 Å². The van der Waals surface area contributed by atoms with E-state index in [0.717, 1.165) is 11.4 Å². The van der Waals surface area contributed by atoms with Crippen molar-refractivity contribution in [3.8, 4) is 0 Å². The molecule has 0 aliphatic heterocycles. The summed E-state index contributed by atoms with van der Waals surface area (Å²) in [5, 5.41) is 11.7. The summed E-state index contributed by atoms with van der Waals surface area (Å²) in [4.78, 5) is 11.7. The van der Waals surface area contributed by atoms with Crippen molar-refractivity contribution in [2.24, 2.45) is 0 Å². The van der Waals surface area contributed by atoms with Crippen molar-refractivity contribution in [3.63, 3.8) is 0 Å². The Kier molecular flexibility index (Phi) is 4.81. The molecule has 0 atom stereocenters. The Labute approximate surface area is 124 Å². The van der Waals surface area contributed by atoms with Gasteiger partial charge in [-0.05, 0) is 30.2 Å². The van der Waals surface area contributed by atoms with Gasteiger partial charge in [0.15, 0.2) is 0 Å². The molecule has 0 aliphatic carbocycles. The predicted octanol–water partition coefficient (Wildman–Crippen LogP) is 3.54. The molecule has 4 nitrogen and oxygen atoms in total. The van der Waals surface area contributed by atoms with Crippen LogP contribution in [-0.2, 0) is 11.2 Å². The SMILES string of the molecule is CCc1nnc(NC(=O)/C=C/c2ccc(F)c(Cl)c2)s1. The summed E-state index contributed by atoms with van der Waals surface area (Å²) in [7, 11) is 0. The van der Waals surface area contributed by atoms with Gasteiger partial charge in [-0.2, -0.15) is 0 Å². The highest BCUT2D eigenvalue weighted by Crippen LogP contribution is 2.17. The van der Waals surface area contributed by atoms with Gasteiger partial charge < -0.3 is 0 Å². The molecule has 1 aromatic heterocycles. The van der Waals surface area contributed by atoms with Gasteiger partial charge in [-0.3, -0.25) is 10.1 Å². The van der Waals surface area contributed by atoms with Crippen LogP contribution in [0.2, 0.25) is 5.02 Å². The first-order valence-corrected chi connectivity index (χ1v) is 7.04. The van der Waals surface area contributed by atoms with Crippen LogP contribution in [0, 0.1) is 5.82 Å². The summed E-state index contributed by atoms with van der Waals surface area (Å²) in [6, 6.07) is 4.23. The van der Waals surface area contributed by atoms with Crippen LogP contribution in [-0.4, -0.2) is 16.1 Å².